The summed E-state index contributed by atoms with van der Waals surface area (Å²) < 4.78 is 39.3. The highest BCUT2D eigenvalue weighted by Gasteiger charge is 2.24. The molecule has 3 heterocycles. The van der Waals surface area contributed by atoms with Crippen LogP contribution in [0.1, 0.15) is 22.8 Å². The zero-order valence-electron chi connectivity index (χ0n) is 21.1. The average Bonchev–Trinajstić information content (AvgIpc) is 3.33. The Hall–Kier alpha value is -4.50. The Kier molecular flexibility index (Phi) is 6.69. The van der Waals surface area contributed by atoms with E-state index in [4.69, 9.17) is 9.47 Å². The molecule has 0 bridgehead atoms. The highest BCUT2D eigenvalue weighted by Crippen LogP contribution is 2.38. The second kappa shape index (κ2) is 10.1. The van der Waals surface area contributed by atoms with Gasteiger partial charge in [-0.2, -0.15) is 0 Å². The fourth-order valence-electron chi connectivity index (χ4n) is 4.25. The maximum Gasteiger partial charge on any atom is 0.339 e. The minimum Gasteiger partial charge on any atom is -0.496 e. The zero-order chi connectivity index (χ0) is 26.9. The van der Waals surface area contributed by atoms with Crippen LogP contribution in [0, 0.1) is 6.92 Å². The molecular weight excluding hydrogens is 502 g/mol. The van der Waals surface area contributed by atoms with Crippen molar-refractivity contribution in [2.24, 2.45) is 0 Å². The molecule has 0 radical (unpaired) electrons. The van der Waals surface area contributed by atoms with Crippen molar-refractivity contribution in [1.29, 1.82) is 0 Å². The zero-order valence-corrected chi connectivity index (χ0v) is 21.9. The van der Waals surface area contributed by atoms with Gasteiger partial charge in [-0.1, -0.05) is 35.9 Å². The number of fused-ring (bicyclic) bond motifs is 1. The van der Waals surface area contributed by atoms with E-state index in [-0.39, 0.29) is 17.1 Å². The van der Waals surface area contributed by atoms with E-state index < -0.39 is 16.0 Å². The van der Waals surface area contributed by atoms with Crippen molar-refractivity contribution in [3.63, 3.8) is 0 Å². The predicted molar refractivity (Wildman–Crippen MR) is 145 cm³/mol. The van der Waals surface area contributed by atoms with Gasteiger partial charge in [-0.25, -0.2) is 22.2 Å². The molecule has 0 aliphatic heterocycles. The summed E-state index contributed by atoms with van der Waals surface area (Å²) in [5, 5.41) is 0.601. The van der Waals surface area contributed by atoms with Crippen LogP contribution in [-0.2, 0) is 14.8 Å². The first-order valence-electron chi connectivity index (χ1n) is 11.9. The van der Waals surface area contributed by atoms with Gasteiger partial charge in [0, 0.05) is 52.4 Å². The van der Waals surface area contributed by atoms with Gasteiger partial charge in [0.1, 0.15) is 5.75 Å². The molecular formula is C29H25N3O5S. The minimum absolute atomic E-state index is 0.156. The fourth-order valence-corrected chi connectivity index (χ4v) is 5.57. The first-order valence-corrected chi connectivity index (χ1v) is 13.4. The lowest BCUT2D eigenvalue weighted by atomic mass is 10.0. The van der Waals surface area contributed by atoms with E-state index in [0.29, 0.717) is 33.4 Å². The second-order valence-corrected chi connectivity index (χ2v) is 10.4. The van der Waals surface area contributed by atoms with Crippen molar-refractivity contribution in [2.75, 3.05) is 13.7 Å². The summed E-state index contributed by atoms with van der Waals surface area (Å²) in [5.74, 6) is 0.122. The third-order valence-electron chi connectivity index (χ3n) is 6.17. The standard InChI is InChI=1S/C29H25N3O5S/c1-4-37-29(33)22-13-20(15-30-16-22)21-14-25-26(24-7-5-6-8-27(24)36-3)18-32(28(25)31-17-21)38(34,35)23-11-9-19(2)10-12-23/h5-18H,4H2,1-3H3. The largest absolute Gasteiger partial charge is 0.496 e. The predicted octanol–water partition coefficient (Wildman–Crippen LogP) is 5.50. The molecule has 2 aromatic carbocycles. The van der Waals surface area contributed by atoms with Crippen LogP contribution in [0.2, 0.25) is 0 Å². The Balaban J connectivity index is 1.74. The average molecular weight is 528 g/mol. The number of carbonyl (C=O) groups is 1. The summed E-state index contributed by atoms with van der Waals surface area (Å²) in [6.07, 6.45) is 6.20. The number of hydrogen-bond donors (Lipinski definition) is 0. The van der Waals surface area contributed by atoms with Crippen molar-refractivity contribution in [3.05, 3.63) is 96.6 Å². The summed E-state index contributed by atoms with van der Waals surface area (Å²) in [5.41, 5.74) is 4.20. The molecule has 0 aliphatic carbocycles. The van der Waals surface area contributed by atoms with Crippen LogP contribution in [0.25, 0.3) is 33.3 Å². The molecule has 0 spiro atoms. The molecule has 0 N–H and O–H groups in total. The lowest BCUT2D eigenvalue weighted by Crippen LogP contribution is -2.12. The van der Waals surface area contributed by atoms with Crippen LogP contribution in [0.3, 0.4) is 0 Å². The SMILES string of the molecule is CCOC(=O)c1cncc(-c2cnc3c(c2)c(-c2ccccc2OC)cn3S(=O)(=O)c2ccc(C)cc2)c1. The number of benzene rings is 2. The van der Waals surface area contributed by atoms with Crippen LogP contribution in [0.4, 0.5) is 0 Å². The summed E-state index contributed by atoms with van der Waals surface area (Å²) in [6.45, 7) is 3.89. The highest BCUT2D eigenvalue weighted by molar-refractivity contribution is 7.90. The van der Waals surface area contributed by atoms with Gasteiger partial charge in [-0.05, 0) is 44.2 Å². The third kappa shape index (κ3) is 4.52. The topological polar surface area (TPSA) is 100 Å². The normalized spacial score (nSPS) is 11.4. The lowest BCUT2D eigenvalue weighted by molar-refractivity contribution is 0.0526. The summed E-state index contributed by atoms with van der Waals surface area (Å²) in [4.78, 5) is 21.2. The van der Waals surface area contributed by atoms with Gasteiger partial charge in [0.25, 0.3) is 10.0 Å². The molecule has 0 amide bonds. The van der Waals surface area contributed by atoms with E-state index in [1.807, 2.05) is 37.3 Å². The quantitative estimate of drug-likeness (QED) is 0.258. The molecule has 3 aromatic heterocycles. The summed E-state index contributed by atoms with van der Waals surface area (Å²) >= 11 is 0. The van der Waals surface area contributed by atoms with Gasteiger partial charge in [0.2, 0.25) is 0 Å². The number of rotatable bonds is 7. The number of hydrogen-bond acceptors (Lipinski definition) is 7. The maximum atomic E-state index is 13.7. The molecule has 9 heteroatoms. The molecule has 0 fully saturated rings. The molecule has 5 rings (SSSR count). The Bertz CT molecular complexity index is 1760. The molecule has 0 atom stereocenters. The van der Waals surface area contributed by atoms with E-state index in [1.54, 1.807) is 63.0 Å². The van der Waals surface area contributed by atoms with Crippen LogP contribution in [-0.4, -0.2) is 42.0 Å². The monoisotopic (exact) mass is 527 g/mol. The van der Waals surface area contributed by atoms with Gasteiger partial charge in [0.15, 0.2) is 5.65 Å². The van der Waals surface area contributed by atoms with Crippen molar-refractivity contribution in [1.82, 2.24) is 13.9 Å². The van der Waals surface area contributed by atoms with Crippen LogP contribution in [0.15, 0.2) is 90.3 Å². The first-order chi connectivity index (χ1) is 18.3. The van der Waals surface area contributed by atoms with Crippen molar-refractivity contribution in [2.45, 2.75) is 18.7 Å². The Morgan fingerprint density at radius 1 is 0.947 bits per heavy atom. The van der Waals surface area contributed by atoms with Crippen molar-refractivity contribution >= 4 is 27.0 Å². The molecule has 5 aromatic rings. The molecule has 0 unspecified atom stereocenters. The van der Waals surface area contributed by atoms with Crippen LogP contribution in [0.5, 0.6) is 5.75 Å². The molecule has 38 heavy (non-hydrogen) atoms. The number of methoxy groups -OCH3 is 1. The van der Waals surface area contributed by atoms with E-state index in [0.717, 1.165) is 11.1 Å². The van der Waals surface area contributed by atoms with Crippen molar-refractivity contribution < 1.29 is 22.7 Å². The van der Waals surface area contributed by atoms with Gasteiger partial charge in [0.05, 0.1) is 24.2 Å². The second-order valence-electron chi connectivity index (χ2n) is 8.63. The van der Waals surface area contributed by atoms with E-state index in [2.05, 4.69) is 9.97 Å². The van der Waals surface area contributed by atoms with Gasteiger partial charge in [-0.3, -0.25) is 4.98 Å². The Labute approximate surface area is 220 Å². The van der Waals surface area contributed by atoms with Gasteiger partial charge >= 0.3 is 5.97 Å². The minimum atomic E-state index is -3.95. The number of aryl methyl sites for hydroxylation is 1. The van der Waals surface area contributed by atoms with E-state index in [1.165, 1.54) is 10.2 Å². The van der Waals surface area contributed by atoms with E-state index in [9.17, 15) is 13.2 Å². The summed E-state index contributed by atoms with van der Waals surface area (Å²) in [7, 11) is -2.38. The molecule has 0 saturated heterocycles. The number of carbonyl (C=O) groups excluding carboxylic acids is 1. The number of nitrogens with zero attached hydrogens (tertiary/aromatic N) is 3. The number of esters is 1. The van der Waals surface area contributed by atoms with Gasteiger partial charge in [-0.15, -0.1) is 0 Å². The molecule has 8 nitrogen and oxygen atoms in total. The molecule has 0 aliphatic rings. The van der Waals surface area contributed by atoms with E-state index >= 15 is 0 Å². The van der Waals surface area contributed by atoms with Crippen LogP contribution < -0.4 is 4.74 Å². The van der Waals surface area contributed by atoms with Crippen molar-refractivity contribution in [3.8, 4) is 28.0 Å². The maximum absolute atomic E-state index is 13.7. The molecule has 0 saturated carbocycles. The first kappa shape index (κ1) is 25.2. The van der Waals surface area contributed by atoms with Crippen LogP contribution >= 0.6 is 0 Å². The Morgan fingerprint density at radius 2 is 1.68 bits per heavy atom. The third-order valence-corrected chi connectivity index (χ3v) is 7.83. The number of ether oxygens (including phenoxy) is 2. The summed E-state index contributed by atoms with van der Waals surface area (Å²) in [6, 6.07) is 17.6. The lowest BCUT2D eigenvalue weighted by Gasteiger charge is -2.08. The Morgan fingerprint density at radius 3 is 2.42 bits per heavy atom. The number of para-hydroxylation sites is 1. The fraction of sp³-hybridized carbons (Fsp3) is 0.138. The number of pyridine rings is 2. The molecule has 192 valence electrons. The number of aromatic nitrogens is 3. The highest BCUT2D eigenvalue weighted by atomic mass is 32.2. The van der Waals surface area contributed by atoms with Gasteiger partial charge < -0.3 is 9.47 Å². The smallest absolute Gasteiger partial charge is 0.339 e.